The number of rotatable bonds is 8. The summed E-state index contributed by atoms with van der Waals surface area (Å²) in [5, 5.41) is 23.8. The minimum Gasteiger partial charge on any atom is -0.462 e. The van der Waals surface area contributed by atoms with Crippen molar-refractivity contribution < 1.29 is 24.0 Å². The van der Waals surface area contributed by atoms with Crippen molar-refractivity contribution >= 4 is 39.7 Å². The lowest BCUT2D eigenvalue weighted by atomic mass is 10.1. The van der Waals surface area contributed by atoms with Crippen molar-refractivity contribution in [1.29, 1.82) is 5.26 Å². The van der Waals surface area contributed by atoms with Gasteiger partial charge in [-0.1, -0.05) is 0 Å². The van der Waals surface area contributed by atoms with E-state index in [-0.39, 0.29) is 44.9 Å². The first-order chi connectivity index (χ1) is 14.3. The average molecular weight is 430 g/mol. The summed E-state index contributed by atoms with van der Waals surface area (Å²) in [6.07, 6.45) is 1.88. The molecule has 1 aromatic heterocycles. The Morgan fingerprint density at radius 2 is 2.10 bits per heavy atom. The maximum Gasteiger partial charge on any atom is 0.348 e. The minimum absolute atomic E-state index is 0.0255. The van der Waals surface area contributed by atoms with Crippen molar-refractivity contribution in [3.05, 3.63) is 49.9 Å². The van der Waals surface area contributed by atoms with Crippen LogP contribution in [-0.2, 0) is 16.1 Å². The highest BCUT2D eigenvalue weighted by Crippen LogP contribution is 2.33. The fourth-order valence-electron chi connectivity index (χ4n) is 2.71. The Morgan fingerprint density at radius 1 is 1.37 bits per heavy atom. The number of nitrogen functional groups attached to an aromatic ring is 1. The number of nitro benzene ring substituents is 1. The second-order valence-electron chi connectivity index (χ2n) is 6.47. The number of hydrogen-bond acceptors (Lipinski definition) is 10. The Labute approximate surface area is 175 Å². The number of nitriles is 1. The Kier molecular flexibility index (Phi) is 6.17. The molecule has 1 aromatic carbocycles. The molecule has 0 saturated heterocycles. The van der Waals surface area contributed by atoms with Crippen LogP contribution in [0.5, 0.6) is 0 Å². The number of carbonyl (C=O) groups is 2. The van der Waals surface area contributed by atoms with E-state index in [1.165, 1.54) is 12.1 Å². The number of nitro groups is 1. The molecule has 1 fully saturated rings. The number of carbonyl (C=O) groups excluding carboxylic acids is 2. The van der Waals surface area contributed by atoms with Crippen molar-refractivity contribution in [2.24, 2.45) is 0 Å². The molecule has 0 aliphatic heterocycles. The Hall–Kier alpha value is -3.65. The molecule has 0 amide bonds. The van der Waals surface area contributed by atoms with E-state index in [4.69, 9.17) is 15.2 Å². The number of thiophene rings is 1. The standard InChI is InChI=1S/C19H18N4O6S/c1-2-28-19(25)16-13(12(8-20)17(21)30-16)9-29-18(24)10-3-6-14(22-11-4-5-11)15(7-10)23(26)27/h3,6-7,11,22H,2,4-5,9,21H2,1H3. The van der Waals surface area contributed by atoms with E-state index in [0.29, 0.717) is 5.69 Å². The van der Waals surface area contributed by atoms with Crippen LogP contribution in [0, 0.1) is 21.4 Å². The summed E-state index contributed by atoms with van der Waals surface area (Å²) in [5.74, 6) is -1.51. The fraction of sp³-hybridized carbons (Fsp3) is 0.316. The van der Waals surface area contributed by atoms with Crippen LogP contribution in [0.1, 0.15) is 50.9 Å². The topological polar surface area (TPSA) is 158 Å². The molecule has 1 aliphatic rings. The highest BCUT2D eigenvalue weighted by molar-refractivity contribution is 7.18. The fourth-order valence-corrected chi connectivity index (χ4v) is 3.62. The highest BCUT2D eigenvalue weighted by atomic mass is 32.1. The smallest absolute Gasteiger partial charge is 0.348 e. The molecule has 1 heterocycles. The van der Waals surface area contributed by atoms with E-state index in [9.17, 15) is 25.0 Å². The number of esters is 2. The molecule has 3 rings (SSSR count). The number of nitrogens with one attached hydrogen (secondary N) is 1. The van der Waals surface area contributed by atoms with Crippen LogP contribution < -0.4 is 11.1 Å². The Bertz CT molecular complexity index is 1050. The third-order valence-corrected chi connectivity index (χ3v) is 5.36. The molecular weight excluding hydrogens is 412 g/mol. The summed E-state index contributed by atoms with van der Waals surface area (Å²) in [4.78, 5) is 35.4. The minimum atomic E-state index is -0.834. The van der Waals surface area contributed by atoms with Gasteiger partial charge in [-0.3, -0.25) is 10.1 Å². The van der Waals surface area contributed by atoms with Crippen LogP contribution in [0.15, 0.2) is 18.2 Å². The largest absolute Gasteiger partial charge is 0.462 e. The molecule has 0 spiro atoms. The first-order valence-corrected chi connectivity index (χ1v) is 9.87. The zero-order chi connectivity index (χ0) is 21.8. The molecule has 0 atom stereocenters. The van der Waals surface area contributed by atoms with Gasteiger partial charge >= 0.3 is 11.9 Å². The van der Waals surface area contributed by atoms with E-state index < -0.39 is 23.5 Å². The molecule has 156 valence electrons. The predicted octanol–water partition coefficient (Wildman–Crippen LogP) is 3.22. The summed E-state index contributed by atoms with van der Waals surface area (Å²) < 4.78 is 10.2. The van der Waals surface area contributed by atoms with Crippen molar-refractivity contribution in [1.82, 2.24) is 0 Å². The maximum atomic E-state index is 12.5. The Morgan fingerprint density at radius 3 is 2.70 bits per heavy atom. The van der Waals surface area contributed by atoms with Gasteiger partial charge in [-0.2, -0.15) is 5.26 Å². The third kappa shape index (κ3) is 4.49. The van der Waals surface area contributed by atoms with E-state index in [0.717, 1.165) is 30.2 Å². The van der Waals surface area contributed by atoms with Gasteiger partial charge in [-0.15, -0.1) is 11.3 Å². The van der Waals surface area contributed by atoms with Gasteiger partial charge in [-0.25, -0.2) is 9.59 Å². The van der Waals surface area contributed by atoms with E-state index >= 15 is 0 Å². The quantitative estimate of drug-likeness (QED) is 0.364. The van der Waals surface area contributed by atoms with Crippen molar-refractivity contribution in [3.63, 3.8) is 0 Å². The van der Waals surface area contributed by atoms with Crippen LogP contribution in [0.3, 0.4) is 0 Å². The molecule has 1 aliphatic carbocycles. The average Bonchev–Trinajstić information content (AvgIpc) is 3.47. The number of nitrogens with zero attached hydrogens (tertiary/aromatic N) is 2. The normalized spacial score (nSPS) is 12.7. The van der Waals surface area contributed by atoms with Crippen molar-refractivity contribution in [2.45, 2.75) is 32.4 Å². The van der Waals surface area contributed by atoms with E-state index in [2.05, 4.69) is 5.32 Å². The van der Waals surface area contributed by atoms with Gasteiger partial charge in [0.2, 0.25) is 0 Å². The van der Waals surface area contributed by atoms with Gasteiger partial charge in [0.15, 0.2) is 0 Å². The van der Waals surface area contributed by atoms with Crippen LogP contribution in [-0.4, -0.2) is 29.5 Å². The third-order valence-electron chi connectivity index (χ3n) is 4.32. The molecule has 10 nitrogen and oxygen atoms in total. The lowest BCUT2D eigenvalue weighted by Crippen LogP contribution is -2.11. The SMILES string of the molecule is CCOC(=O)c1sc(N)c(C#N)c1COC(=O)c1ccc(NC2CC2)c([N+](=O)[O-])c1. The maximum absolute atomic E-state index is 12.5. The highest BCUT2D eigenvalue weighted by Gasteiger charge is 2.27. The lowest BCUT2D eigenvalue weighted by molar-refractivity contribution is -0.384. The number of anilines is 2. The summed E-state index contributed by atoms with van der Waals surface area (Å²) in [6.45, 7) is 1.36. The van der Waals surface area contributed by atoms with Crippen LogP contribution in [0.2, 0.25) is 0 Å². The molecule has 1 saturated carbocycles. The van der Waals surface area contributed by atoms with Crippen molar-refractivity contribution in [3.8, 4) is 6.07 Å². The zero-order valence-electron chi connectivity index (χ0n) is 16.0. The first-order valence-electron chi connectivity index (χ1n) is 9.06. The van der Waals surface area contributed by atoms with Gasteiger partial charge in [0.25, 0.3) is 5.69 Å². The molecule has 0 bridgehead atoms. The molecule has 0 unspecified atom stereocenters. The van der Waals surface area contributed by atoms with Crippen molar-refractivity contribution in [2.75, 3.05) is 17.7 Å². The molecule has 2 aromatic rings. The van der Waals surface area contributed by atoms with Gasteiger partial charge in [-0.05, 0) is 31.9 Å². The second kappa shape index (κ2) is 8.79. The van der Waals surface area contributed by atoms with Gasteiger partial charge in [0.05, 0.1) is 22.7 Å². The summed E-state index contributed by atoms with van der Waals surface area (Å²) in [7, 11) is 0. The monoisotopic (exact) mass is 430 g/mol. The number of nitrogens with two attached hydrogens (primary N) is 1. The second-order valence-corrected chi connectivity index (χ2v) is 7.52. The lowest BCUT2D eigenvalue weighted by Gasteiger charge is -2.09. The van der Waals surface area contributed by atoms with E-state index in [1.807, 2.05) is 6.07 Å². The molecule has 11 heteroatoms. The molecule has 30 heavy (non-hydrogen) atoms. The summed E-state index contributed by atoms with van der Waals surface area (Å²) in [5.41, 5.74) is 6.04. The number of hydrogen-bond donors (Lipinski definition) is 2. The van der Waals surface area contributed by atoms with Crippen LogP contribution in [0.25, 0.3) is 0 Å². The Balaban J connectivity index is 1.80. The van der Waals surface area contributed by atoms with Gasteiger partial charge < -0.3 is 20.5 Å². The first kappa shape index (κ1) is 21.1. The number of ether oxygens (including phenoxy) is 2. The summed E-state index contributed by atoms with van der Waals surface area (Å²) >= 11 is 0.873. The summed E-state index contributed by atoms with van der Waals surface area (Å²) in [6, 6.07) is 6.10. The predicted molar refractivity (Wildman–Crippen MR) is 108 cm³/mol. The molecule has 3 N–H and O–H groups in total. The van der Waals surface area contributed by atoms with Crippen LogP contribution >= 0.6 is 11.3 Å². The zero-order valence-corrected chi connectivity index (χ0v) is 16.8. The number of benzene rings is 1. The van der Waals surface area contributed by atoms with Crippen LogP contribution in [0.4, 0.5) is 16.4 Å². The molecule has 0 radical (unpaired) electrons. The van der Waals surface area contributed by atoms with Gasteiger partial charge in [0.1, 0.15) is 28.2 Å². The van der Waals surface area contributed by atoms with E-state index in [1.54, 1.807) is 6.92 Å². The van der Waals surface area contributed by atoms with Gasteiger partial charge in [0, 0.05) is 17.7 Å². The molecular formula is C19H18N4O6S.